The summed E-state index contributed by atoms with van der Waals surface area (Å²) in [5.74, 6) is -1.00. The molecular formula is C23H16ClF4N5OS. The van der Waals surface area contributed by atoms with E-state index in [4.69, 9.17) is 29.1 Å². The van der Waals surface area contributed by atoms with Gasteiger partial charge in [0, 0.05) is 17.5 Å². The lowest BCUT2D eigenvalue weighted by Gasteiger charge is -2.29. The number of thiocarbonyl (C=S) groups is 1. The van der Waals surface area contributed by atoms with Gasteiger partial charge in [0.2, 0.25) is 0 Å². The van der Waals surface area contributed by atoms with Crippen LogP contribution in [0.2, 0.25) is 5.15 Å². The number of nitriles is 1. The number of benzene rings is 2. The number of aryl methyl sites for hydroxylation is 1. The monoisotopic (exact) mass is 521 g/mol. The Labute approximate surface area is 207 Å². The standard InChI is InChI=1S/C23H16ClF4N5OS/c1-4-17-30-18-14(19(24)31-17)7-13(9-16(18)25)33-21(35)32(20(34)22(33,2)3)12-6-5-11(10-29)15(8-12)23(26,27)28/h5-9H,4H2,1-3H3. The third-order valence-electron chi connectivity index (χ3n) is 5.67. The summed E-state index contributed by atoms with van der Waals surface area (Å²) in [7, 11) is 0. The quantitative estimate of drug-likeness (QED) is 0.247. The van der Waals surface area contributed by atoms with Crippen LogP contribution in [-0.4, -0.2) is 26.5 Å². The number of carbonyl (C=O) groups is 1. The van der Waals surface area contributed by atoms with Gasteiger partial charge in [-0.05, 0) is 56.4 Å². The number of anilines is 2. The number of carbonyl (C=O) groups excluding carboxylic acids is 1. The second-order valence-corrected chi connectivity index (χ2v) is 8.99. The Balaban J connectivity index is 1.86. The summed E-state index contributed by atoms with van der Waals surface area (Å²) in [6.45, 7) is 4.81. The molecule has 0 bridgehead atoms. The molecule has 1 aliphatic heterocycles. The second-order valence-electron chi connectivity index (χ2n) is 8.26. The van der Waals surface area contributed by atoms with Gasteiger partial charge >= 0.3 is 6.18 Å². The van der Waals surface area contributed by atoms with Crippen molar-refractivity contribution in [2.24, 2.45) is 0 Å². The summed E-state index contributed by atoms with van der Waals surface area (Å²) in [6.07, 6.45) is -4.38. The molecule has 0 atom stereocenters. The zero-order valence-electron chi connectivity index (χ0n) is 18.5. The molecule has 3 aromatic rings. The normalized spacial score (nSPS) is 15.7. The van der Waals surface area contributed by atoms with Crippen LogP contribution < -0.4 is 9.80 Å². The Morgan fingerprint density at radius 1 is 1.17 bits per heavy atom. The zero-order chi connectivity index (χ0) is 25.9. The first-order valence-electron chi connectivity index (χ1n) is 10.3. The number of alkyl halides is 3. The molecule has 1 fully saturated rings. The smallest absolute Gasteiger partial charge is 0.303 e. The van der Waals surface area contributed by atoms with E-state index >= 15 is 4.39 Å². The molecule has 0 saturated carbocycles. The van der Waals surface area contributed by atoms with E-state index in [1.54, 1.807) is 6.92 Å². The average Bonchev–Trinajstić information content (AvgIpc) is 2.96. The number of hydrogen-bond donors (Lipinski definition) is 0. The number of fused-ring (bicyclic) bond motifs is 1. The van der Waals surface area contributed by atoms with Crippen molar-refractivity contribution < 1.29 is 22.4 Å². The van der Waals surface area contributed by atoms with Crippen LogP contribution in [0.4, 0.5) is 28.9 Å². The van der Waals surface area contributed by atoms with Crippen molar-refractivity contribution >= 4 is 57.1 Å². The Bertz CT molecular complexity index is 1450. The molecule has 0 aliphatic carbocycles. The second kappa shape index (κ2) is 8.39. The van der Waals surface area contributed by atoms with Crippen LogP contribution in [0.15, 0.2) is 30.3 Å². The van der Waals surface area contributed by atoms with Gasteiger partial charge in [-0.15, -0.1) is 0 Å². The molecule has 4 rings (SSSR count). The van der Waals surface area contributed by atoms with Crippen LogP contribution in [0, 0.1) is 17.1 Å². The van der Waals surface area contributed by atoms with Crippen LogP contribution in [0.5, 0.6) is 0 Å². The molecule has 0 unspecified atom stereocenters. The van der Waals surface area contributed by atoms with Crippen molar-refractivity contribution in [2.75, 3.05) is 9.80 Å². The van der Waals surface area contributed by atoms with Gasteiger partial charge in [-0.3, -0.25) is 9.69 Å². The van der Waals surface area contributed by atoms with Gasteiger partial charge in [0.05, 0.1) is 22.9 Å². The van der Waals surface area contributed by atoms with Crippen molar-refractivity contribution in [2.45, 2.75) is 38.9 Å². The van der Waals surface area contributed by atoms with E-state index in [0.29, 0.717) is 18.3 Å². The lowest BCUT2D eigenvalue weighted by atomic mass is 10.0. The molecule has 2 heterocycles. The maximum atomic E-state index is 15.1. The van der Waals surface area contributed by atoms with Gasteiger partial charge in [-0.25, -0.2) is 14.4 Å². The highest BCUT2D eigenvalue weighted by Crippen LogP contribution is 2.41. The lowest BCUT2D eigenvalue weighted by Crippen LogP contribution is -2.44. The van der Waals surface area contributed by atoms with E-state index in [0.717, 1.165) is 17.0 Å². The SMILES string of the molecule is CCc1nc(Cl)c2cc(N3C(=S)N(c4ccc(C#N)c(C(F)(F)F)c4)C(=O)C3(C)C)cc(F)c2n1. The van der Waals surface area contributed by atoms with Gasteiger partial charge < -0.3 is 4.90 Å². The average molecular weight is 522 g/mol. The molecule has 0 N–H and O–H groups in total. The van der Waals surface area contributed by atoms with Crippen LogP contribution in [0.25, 0.3) is 10.9 Å². The predicted molar refractivity (Wildman–Crippen MR) is 127 cm³/mol. The van der Waals surface area contributed by atoms with Crippen LogP contribution >= 0.6 is 23.8 Å². The summed E-state index contributed by atoms with van der Waals surface area (Å²) in [5.41, 5.74) is -3.19. The number of aromatic nitrogens is 2. The van der Waals surface area contributed by atoms with Crippen molar-refractivity contribution in [1.29, 1.82) is 5.26 Å². The Hall–Kier alpha value is -3.36. The minimum Gasteiger partial charge on any atom is -0.303 e. The first-order chi connectivity index (χ1) is 16.3. The molecule has 0 radical (unpaired) electrons. The van der Waals surface area contributed by atoms with Crippen molar-refractivity contribution in [3.05, 3.63) is 58.3 Å². The highest BCUT2D eigenvalue weighted by atomic mass is 35.5. The van der Waals surface area contributed by atoms with Crippen LogP contribution in [0.1, 0.15) is 37.7 Å². The number of nitrogens with zero attached hydrogens (tertiary/aromatic N) is 5. The zero-order valence-corrected chi connectivity index (χ0v) is 20.1. The van der Waals surface area contributed by atoms with E-state index in [1.807, 2.05) is 0 Å². The lowest BCUT2D eigenvalue weighted by molar-refractivity contribution is -0.137. The molecular weight excluding hydrogens is 506 g/mol. The molecule has 0 spiro atoms. The number of hydrogen-bond acceptors (Lipinski definition) is 5. The summed E-state index contributed by atoms with van der Waals surface area (Å²) >= 11 is 11.7. The minimum atomic E-state index is -4.82. The predicted octanol–water partition coefficient (Wildman–Crippen LogP) is 5.79. The van der Waals surface area contributed by atoms with E-state index in [-0.39, 0.29) is 32.5 Å². The van der Waals surface area contributed by atoms with Crippen LogP contribution in [0.3, 0.4) is 0 Å². The van der Waals surface area contributed by atoms with E-state index < -0.39 is 34.6 Å². The van der Waals surface area contributed by atoms with Gasteiger partial charge in [0.15, 0.2) is 10.9 Å². The topological polar surface area (TPSA) is 73.1 Å². The molecule has 35 heavy (non-hydrogen) atoms. The third kappa shape index (κ3) is 3.96. The maximum absolute atomic E-state index is 15.1. The summed E-state index contributed by atoms with van der Waals surface area (Å²) in [4.78, 5) is 23.9. The Morgan fingerprint density at radius 2 is 1.86 bits per heavy atom. The largest absolute Gasteiger partial charge is 0.417 e. The summed E-state index contributed by atoms with van der Waals surface area (Å²) < 4.78 is 55.6. The van der Waals surface area contributed by atoms with Crippen LogP contribution in [-0.2, 0) is 17.4 Å². The highest BCUT2D eigenvalue weighted by molar-refractivity contribution is 7.81. The molecule has 12 heteroatoms. The third-order valence-corrected chi connectivity index (χ3v) is 6.32. The van der Waals surface area contributed by atoms with Crippen molar-refractivity contribution in [3.8, 4) is 6.07 Å². The number of rotatable bonds is 3. The molecule has 180 valence electrons. The van der Waals surface area contributed by atoms with Crippen molar-refractivity contribution in [3.63, 3.8) is 0 Å². The fourth-order valence-corrected chi connectivity index (χ4v) is 4.69. The molecule has 1 aromatic heterocycles. The summed E-state index contributed by atoms with van der Waals surface area (Å²) in [5, 5.41) is 9.10. The van der Waals surface area contributed by atoms with E-state index in [1.165, 1.54) is 36.9 Å². The molecule has 1 amide bonds. The molecule has 6 nitrogen and oxygen atoms in total. The molecule has 2 aromatic carbocycles. The number of halogens is 5. The minimum absolute atomic E-state index is 0.00128. The fourth-order valence-electron chi connectivity index (χ4n) is 3.93. The fraction of sp³-hybridized carbons (Fsp3) is 0.261. The van der Waals surface area contributed by atoms with Gasteiger partial charge in [-0.1, -0.05) is 18.5 Å². The highest BCUT2D eigenvalue weighted by Gasteiger charge is 2.51. The maximum Gasteiger partial charge on any atom is 0.417 e. The van der Waals surface area contributed by atoms with Gasteiger partial charge in [0.25, 0.3) is 5.91 Å². The van der Waals surface area contributed by atoms with Gasteiger partial charge in [0.1, 0.15) is 22.0 Å². The summed E-state index contributed by atoms with van der Waals surface area (Å²) in [6, 6.07) is 6.98. The molecule has 1 saturated heterocycles. The van der Waals surface area contributed by atoms with E-state index in [2.05, 4.69) is 9.97 Å². The first kappa shape index (κ1) is 24.8. The van der Waals surface area contributed by atoms with Crippen molar-refractivity contribution in [1.82, 2.24) is 9.97 Å². The Kier molecular flexibility index (Phi) is 5.93. The Morgan fingerprint density at radius 3 is 2.46 bits per heavy atom. The van der Waals surface area contributed by atoms with E-state index in [9.17, 15) is 18.0 Å². The number of amides is 1. The van der Waals surface area contributed by atoms with Gasteiger partial charge in [-0.2, -0.15) is 18.4 Å². The first-order valence-corrected chi connectivity index (χ1v) is 11.1. The molecule has 1 aliphatic rings.